The molecule has 3 N–H and O–H groups in total. The number of rotatable bonds is 9. The predicted molar refractivity (Wildman–Crippen MR) is 137 cm³/mol. The van der Waals surface area contributed by atoms with E-state index in [1.807, 2.05) is 6.07 Å². The van der Waals surface area contributed by atoms with Gasteiger partial charge < -0.3 is 11.1 Å². The number of hydrogen-bond acceptors (Lipinski definition) is 4. The van der Waals surface area contributed by atoms with Crippen LogP contribution in [0.2, 0.25) is 0 Å². The molecule has 8 heteroatoms. The normalized spacial score (nSPS) is 15.5. The van der Waals surface area contributed by atoms with Gasteiger partial charge in [0.1, 0.15) is 5.82 Å². The molecule has 4 rings (SSSR count). The van der Waals surface area contributed by atoms with Crippen LogP contribution in [0.15, 0.2) is 54.7 Å². The van der Waals surface area contributed by atoms with E-state index in [1.54, 1.807) is 25.1 Å². The van der Waals surface area contributed by atoms with E-state index in [-0.39, 0.29) is 12.1 Å². The molecule has 2 heterocycles. The second-order valence-electron chi connectivity index (χ2n) is 9.73. The third-order valence-electron chi connectivity index (χ3n) is 7.23. The van der Waals surface area contributed by atoms with Crippen LogP contribution in [0, 0.1) is 0 Å². The molecule has 1 aromatic heterocycles. The van der Waals surface area contributed by atoms with Crippen molar-refractivity contribution in [3.8, 4) is 0 Å². The van der Waals surface area contributed by atoms with Crippen LogP contribution in [-0.2, 0) is 36.7 Å². The summed E-state index contributed by atoms with van der Waals surface area (Å²) in [6.45, 7) is 3.77. The van der Waals surface area contributed by atoms with Crippen LogP contribution in [0.4, 0.5) is 13.2 Å². The Labute approximate surface area is 215 Å². The number of piperidine rings is 1. The van der Waals surface area contributed by atoms with Crippen molar-refractivity contribution in [2.75, 3.05) is 13.1 Å². The van der Waals surface area contributed by atoms with Crippen molar-refractivity contribution in [2.45, 2.75) is 63.5 Å². The molecule has 3 aromatic rings. The highest BCUT2D eigenvalue weighted by atomic mass is 19.4. The molecule has 0 radical (unpaired) electrons. The first-order valence-electron chi connectivity index (χ1n) is 12.8. The van der Waals surface area contributed by atoms with E-state index >= 15 is 0 Å². The molecule has 1 saturated heterocycles. The monoisotopic (exact) mass is 510 g/mol. The number of carbonyl (C=O) groups excluding carboxylic acids is 1. The van der Waals surface area contributed by atoms with E-state index < -0.39 is 23.6 Å². The van der Waals surface area contributed by atoms with Crippen LogP contribution in [-0.4, -0.2) is 29.0 Å². The third-order valence-corrected chi connectivity index (χ3v) is 7.23. The number of primary amides is 1. The Bertz CT molecular complexity index is 1200. The van der Waals surface area contributed by atoms with Crippen LogP contribution in [0.1, 0.15) is 70.9 Å². The lowest BCUT2D eigenvalue weighted by atomic mass is 9.89. The zero-order valence-corrected chi connectivity index (χ0v) is 21.0. The van der Waals surface area contributed by atoms with Crippen molar-refractivity contribution in [3.63, 3.8) is 0 Å². The number of aryl methyl sites for hydroxylation is 4. The van der Waals surface area contributed by atoms with Gasteiger partial charge in [0.15, 0.2) is 0 Å². The molecule has 196 valence electrons. The first kappa shape index (κ1) is 26.8. The van der Waals surface area contributed by atoms with Gasteiger partial charge in [-0.25, -0.2) is 9.97 Å². The van der Waals surface area contributed by atoms with Crippen LogP contribution in [0.25, 0.3) is 0 Å². The second-order valence-corrected chi connectivity index (χ2v) is 9.73. The van der Waals surface area contributed by atoms with E-state index in [9.17, 15) is 18.0 Å². The van der Waals surface area contributed by atoms with Gasteiger partial charge in [0, 0.05) is 12.6 Å². The lowest BCUT2D eigenvalue weighted by molar-refractivity contribution is -0.138. The van der Waals surface area contributed by atoms with Crippen LogP contribution in [0.5, 0.6) is 0 Å². The van der Waals surface area contributed by atoms with Crippen molar-refractivity contribution in [2.24, 2.45) is 5.73 Å². The summed E-state index contributed by atoms with van der Waals surface area (Å²) >= 11 is 0. The Morgan fingerprint density at radius 3 is 2.41 bits per heavy atom. The molecule has 1 aliphatic heterocycles. The predicted octanol–water partition coefficient (Wildman–Crippen LogP) is 5.12. The minimum Gasteiger partial charge on any atom is -0.369 e. The van der Waals surface area contributed by atoms with Crippen LogP contribution < -0.4 is 11.1 Å². The maximum Gasteiger partial charge on any atom is 0.419 e. The number of amides is 1. The van der Waals surface area contributed by atoms with Crippen molar-refractivity contribution in [3.05, 3.63) is 94.1 Å². The Balaban J connectivity index is 1.47. The Morgan fingerprint density at radius 1 is 1.03 bits per heavy atom. The average Bonchev–Trinajstić information content (AvgIpc) is 2.90. The minimum absolute atomic E-state index is 0.0275. The van der Waals surface area contributed by atoms with Crippen molar-refractivity contribution in [1.82, 2.24) is 15.3 Å². The number of benzene rings is 2. The summed E-state index contributed by atoms with van der Waals surface area (Å²) < 4.78 is 41.1. The summed E-state index contributed by atoms with van der Waals surface area (Å²) in [7, 11) is 0. The summed E-state index contributed by atoms with van der Waals surface area (Å²) in [5.41, 5.74) is 8.58. The molecule has 1 unspecified atom stereocenters. The molecular formula is C29H33F3N4O. The van der Waals surface area contributed by atoms with Crippen molar-refractivity contribution >= 4 is 5.91 Å². The fourth-order valence-electron chi connectivity index (χ4n) is 4.96. The number of halogens is 3. The highest BCUT2D eigenvalue weighted by molar-refractivity contribution is 5.81. The lowest BCUT2D eigenvalue weighted by Gasteiger charge is -2.23. The standard InChI is InChI=1S/C29H33F3N4O/c1-19(28(33)37)24-5-3-2-4-23(24)11-12-26-25(29(30,31)32)18-35-27(36-26)13-8-20-6-9-21(10-7-20)22-14-16-34-17-15-22/h2-7,9-10,18-19,22,34H,8,11-17H2,1H3,(H2,33,37). The molecule has 0 saturated carbocycles. The smallest absolute Gasteiger partial charge is 0.369 e. The number of carbonyl (C=O) groups is 1. The summed E-state index contributed by atoms with van der Waals surface area (Å²) in [6, 6.07) is 15.7. The molecule has 5 nitrogen and oxygen atoms in total. The van der Waals surface area contributed by atoms with E-state index in [4.69, 9.17) is 5.73 Å². The van der Waals surface area contributed by atoms with Gasteiger partial charge in [0.25, 0.3) is 0 Å². The topological polar surface area (TPSA) is 80.9 Å². The van der Waals surface area contributed by atoms with Gasteiger partial charge >= 0.3 is 6.18 Å². The van der Waals surface area contributed by atoms with Crippen LogP contribution >= 0.6 is 0 Å². The van der Waals surface area contributed by atoms with Gasteiger partial charge in [-0.1, -0.05) is 48.5 Å². The zero-order chi connectivity index (χ0) is 26.4. The van der Waals surface area contributed by atoms with Gasteiger partial charge in [0.05, 0.1) is 17.2 Å². The minimum atomic E-state index is -4.54. The fourth-order valence-corrected chi connectivity index (χ4v) is 4.96. The Morgan fingerprint density at radius 2 is 1.73 bits per heavy atom. The van der Waals surface area contributed by atoms with Gasteiger partial charge in [0.2, 0.25) is 5.91 Å². The largest absolute Gasteiger partial charge is 0.419 e. The van der Waals surface area contributed by atoms with Crippen LogP contribution in [0.3, 0.4) is 0 Å². The molecule has 1 fully saturated rings. The number of hydrogen-bond donors (Lipinski definition) is 2. The molecule has 1 amide bonds. The molecule has 0 aliphatic carbocycles. The molecule has 0 bridgehead atoms. The van der Waals surface area contributed by atoms with Crippen molar-refractivity contribution < 1.29 is 18.0 Å². The number of aromatic nitrogens is 2. The summed E-state index contributed by atoms with van der Waals surface area (Å²) in [6.07, 6.45) is 0.113. The average molecular weight is 511 g/mol. The number of alkyl halides is 3. The molecule has 0 spiro atoms. The molecule has 1 aliphatic rings. The van der Waals surface area contributed by atoms with Gasteiger partial charge in [-0.15, -0.1) is 0 Å². The summed E-state index contributed by atoms with van der Waals surface area (Å²) in [5.74, 6) is -0.0339. The number of nitrogens with two attached hydrogens (primary N) is 1. The highest BCUT2D eigenvalue weighted by Gasteiger charge is 2.34. The Kier molecular flexibility index (Phi) is 8.59. The number of nitrogens with one attached hydrogen (secondary N) is 1. The summed E-state index contributed by atoms with van der Waals surface area (Å²) in [4.78, 5) is 20.1. The molecule has 2 aromatic carbocycles. The zero-order valence-electron chi connectivity index (χ0n) is 21.0. The lowest BCUT2D eigenvalue weighted by Crippen LogP contribution is -2.26. The second kappa shape index (κ2) is 11.9. The SMILES string of the molecule is CC(C(N)=O)c1ccccc1CCc1nc(CCc2ccc(C3CCNCC3)cc2)ncc1C(F)(F)F. The molecule has 37 heavy (non-hydrogen) atoms. The Hall–Kier alpha value is -3.26. The fraction of sp³-hybridized carbons (Fsp3) is 0.414. The maximum atomic E-state index is 13.7. The quantitative estimate of drug-likeness (QED) is 0.419. The molecule has 1 atom stereocenters. The van der Waals surface area contributed by atoms with Crippen molar-refractivity contribution in [1.29, 1.82) is 0 Å². The van der Waals surface area contributed by atoms with E-state index in [2.05, 4.69) is 39.6 Å². The van der Waals surface area contributed by atoms with E-state index in [0.717, 1.165) is 48.8 Å². The number of nitrogens with zero attached hydrogens (tertiary/aromatic N) is 2. The van der Waals surface area contributed by atoms with E-state index in [0.29, 0.717) is 31.0 Å². The van der Waals surface area contributed by atoms with Gasteiger partial charge in [-0.05, 0) is 80.3 Å². The van der Waals surface area contributed by atoms with Gasteiger partial charge in [-0.2, -0.15) is 13.2 Å². The third kappa shape index (κ3) is 6.95. The first-order chi connectivity index (χ1) is 17.7. The van der Waals surface area contributed by atoms with Gasteiger partial charge in [-0.3, -0.25) is 4.79 Å². The molecular weight excluding hydrogens is 477 g/mol. The first-order valence-corrected chi connectivity index (χ1v) is 12.8. The highest BCUT2D eigenvalue weighted by Crippen LogP contribution is 2.32. The summed E-state index contributed by atoms with van der Waals surface area (Å²) in [5, 5.41) is 3.38. The van der Waals surface area contributed by atoms with E-state index in [1.165, 1.54) is 5.56 Å². The maximum absolute atomic E-state index is 13.7.